The Morgan fingerprint density at radius 2 is 1.94 bits per heavy atom. The van der Waals surface area contributed by atoms with E-state index in [2.05, 4.69) is 21.2 Å². The Bertz CT molecular complexity index is 487. The zero-order valence-corrected chi connectivity index (χ0v) is 11.2. The van der Waals surface area contributed by atoms with Gasteiger partial charge in [-0.1, -0.05) is 34.1 Å². The molecule has 0 radical (unpaired) electrons. The van der Waals surface area contributed by atoms with E-state index in [1.165, 1.54) is 6.92 Å². The molecule has 0 heterocycles. The fourth-order valence-electron chi connectivity index (χ4n) is 1.43. The molecule has 0 saturated heterocycles. The fraction of sp³-hybridized carbons (Fsp3) is 0.250. The number of carboxylic acid groups (broad SMARTS) is 1. The van der Waals surface area contributed by atoms with Gasteiger partial charge in [0.15, 0.2) is 5.78 Å². The lowest BCUT2D eigenvalue weighted by Gasteiger charge is -2.12. The van der Waals surface area contributed by atoms with Crippen LogP contribution in [0.3, 0.4) is 0 Å². The molecule has 1 amide bonds. The van der Waals surface area contributed by atoms with Crippen LogP contribution in [0.5, 0.6) is 0 Å². The third-order valence-electron chi connectivity index (χ3n) is 2.24. The largest absolute Gasteiger partial charge is 0.480 e. The molecule has 1 aromatic carbocycles. The van der Waals surface area contributed by atoms with Crippen molar-refractivity contribution in [1.82, 2.24) is 5.32 Å². The maximum atomic E-state index is 11.9. The Kier molecular flexibility index (Phi) is 5.03. The lowest BCUT2D eigenvalue weighted by molar-refractivity contribution is -0.141. The summed E-state index contributed by atoms with van der Waals surface area (Å²) in [5, 5.41) is 11.1. The first kappa shape index (κ1) is 14.4. The van der Waals surface area contributed by atoms with Crippen LogP contribution < -0.4 is 5.32 Å². The summed E-state index contributed by atoms with van der Waals surface area (Å²) in [5.74, 6) is -2.06. The second-order valence-electron chi connectivity index (χ2n) is 3.70. The first-order valence-electron chi connectivity index (χ1n) is 5.19. The van der Waals surface area contributed by atoms with Gasteiger partial charge in [-0.25, -0.2) is 4.79 Å². The highest BCUT2D eigenvalue weighted by atomic mass is 79.9. The minimum Gasteiger partial charge on any atom is -0.480 e. The summed E-state index contributed by atoms with van der Waals surface area (Å²) in [7, 11) is 0. The van der Waals surface area contributed by atoms with Gasteiger partial charge in [0.2, 0.25) is 5.91 Å². The van der Waals surface area contributed by atoms with Gasteiger partial charge in [-0.15, -0.1) is 0 Å². The average molecular weight is 314 g/mol. The molecule has 0 aliphatic rings. The summed E-state index contributed by atoms with van der Waals surface area (Å²) >= 11 is 3.22. The van der Waals surface area contributed by atoms with Crippen molar-refractivity contribution in [2.75, 3.05) is 0 Å². The summed E-state index contributed by atoms with van der Waals surface area (Å²) < 4.78 is 0.599. The van der Waals surface area contributed by atoms with Crippen LogP contribution in [0.25, 0.3) is 0 Å². The van der Waals surface area contributed by atoms with Crippen LogP contribution in [0.15, 0.2) is 28.7 Å². The molecule has 1 aromatic rings. The number of aliphatic carboxylic acids is 1. The van der Waals surface area contributed by atoms with Crippen molar-refractivity contribution >= 4 is 33.6 Å². The van der Waals surface area contributed by atoms with Gasteiger partial charge in [0.05, 0.1) is 0 Å². The summed E-state index contributed by atoms with van der Waals surface area (Å²) in [4.78, 5) is 33.7. The van der Waals surface area contributed by atoms with Crippen LogP contribution in [-0.4, -0.2) is 28.8 Å². The highest BCUT2D eigenvalue weighted by Crippen LogP contribution is 2.18. The lowest BCUT2D eigenvalue weighted by Crippen LogP contribution is -2.41. The van der Waals surface area contributed by atoms with E-state index in [0.29, 0.717) is 10.0 Å². The van der Waals surface area contributed by atoms with E-state index in [1.54, 1.807) is 24.3 Å². The fourth-order valence-corrected chi connectivity index (χ4v) is 1.93. The number of halogens is 1. The third kappa shape index (κ3) is 3.96. The Balaban J connectivity index is 2.82. The number of carboxylic acids is 1. The van der Waals surface area contributed by atoms with Crippen LogP contribution in [0.1, 0.15) is 23.7 Å². The molecule has 0 aliphatic carbocycles. The van der Waals surface area contributed by atoms with E-state index in [1.807, 2.05) is 0 Å². The molecule has 1 rings (SSSR count). The first-order valence-corrected chi connectivity index (χ1v) is 5.98. The number of Topliss-reactive ketones (excluding diaryl/α,β-unsaturated/α-hetero) is 1. The van der Waals surface area contributed by atoms with Crippen LogP contribution in [0.4, 0.5) is 0 Å². The smallest absolute Gasteiger partial charge is 0.326 e. The molecule has 1 unspecified atom stereocenters. The Hall–Kier alpha value is -1.69. The summed E-state index contributed by atoms with van der Waals surface area (Å²) in [6, 6.07) is 5.53. The summed E-state index contributed by atoms with van der Waals surface area (Å²) in [6.07, 6.45) is -0.280. The molecule has 0 aliphatic heterocycles. The zero-order valence-electron chi connectivity index (χ0n) is 9.64. The lowest BCUT2D eigenvalue weighted by atomic mass is 10.0. The van der Waals surface area contributed by atoms with Gasteiger partial charge in [0.1, 0.15) is 6.04 Å². The predicted octanol–water partition coefficient (Wildman–Crippen LogP) is 1.61. The van der Waals surface area contributed by atoms with Crippen LogP contribution in [0, 0.1) is 0 Å². The molecule has 0 fully saturated rings. The van der Waals surface area contributed by atoms with E-state index in [-0.39, 0.29) is 12.2 Å². The predicted molar refractivity (Wildman–Crippen MR) is 68.3 cm³/mol. The maximum Gasteiger partial charge on any atom is 0.326 e. The number of carbonyl (C=O) groups is 3. The SMILES string of the molecule is CC(=O)NC(CC(=O)c1ccccc1Br)C(=O)O. The van der Waals surface area contributed by atoms with Gasteiger partial charge in [-0.3, -0.25) is 9.59 Å². The van der Waals surface area contributed by atoms with Crippen molar-refractivity contribution in [1.29, 1.82) is 0 Å². The van der Waals surface area contributed by atoms with Crippen molar-refractivity contribution in [3.8, 4) is 0 Å². The van der Waals surface area contributed by atoms with Crippen molar-refractivity contribution in [3.05, 3.63) is 34.3 Å². The van der Waals surface area contributed by atoms with Gasteiger partial charge in [0, 0.05) is 23.4 Å². The van der Waals surface area contributed by atoms with Crippen molar-refractivity contribution < 1.29 is 19.5 Å². The number of ketones is 1. The number of hydrogen-bond acceptors (Lipinski definition) is 3. The molecular formula is C12H12BrNO4. The number of carbonyl (C=O) groups excluding carboxylic acids is 2. The Labute approximate surface area is 112 Å². The standard InChI is InChI=1S/C12H12BrNO4/c1-7(15)14-10(12(17)18)6-11(16)8-4-2-3-5-9(8)13/h2-5,10H,6H2,1H3,(H,14,15)(H,17,18). The van der Waals surface area contributed by atoms with Gasteiger partial charge >= 0.3 is 5.97 Å². The summed E-state index contributed by atoms with van der Waals surface area (Å²) in [6.45, 7) is 1.21. The molecular weight excluding hydrogens is 302 g/mol. The molecule has 0 bridgehead atoms. The number of hydrogen-bond donors (Lipinski definition) is 2. The average Bonchev–Trinajstić information content (AvgIpc) is 2.27. The molecule has 0 saturated carbocycles. The van der Waals surface area contributed by atoms with Crippen LogP contribution >= 0.6 is 15.9 Å². The molecule has 2 N–H and O–H groups in total. The van der Waals surface area contributed by atoms with Crippen molar-refractivity contribution in [2.45, 2.75) is 19.4 Å². The second-order valence-corrected chi connectivity index (χ2v) is 4.55. The highest BCUT2D eigenvalue weighted by molar-refractivity contribution is 9.10. The van der Waals surface area contributed by atoms with E-state index < -0.39 is 17.9 Å². The van der Waals surface area contributed by atoms with Gasteiger partial charge in [0.25, 0.3) is 0 Å². The minimum absolute atomic E-state index is 0.280. The third-order valence-corrected chi connectivity index (χ3v) is 2.93. The van der Waals surface area contributed by atoms with E-state index in [0.717, 1.165) is 0 Å². The molecule has 6 heteroatoms. The Morgan fingerprint density at radius 1 is 1.33 bits per heavy atom. The molecule has 1 atom stereocenters. The summed E-state index contributed by atoms with van der Waals surface area (Å²) in [5.41, 5.74) is 0.397. The van der Waals surface area contributed by atoms with Crippen molar-refractivity contribution in [2.24, 2.45) is 0 Å². The topological polar surface area (TPSA) is 83.5 Å². The van der Waals surface area contributed by atoms with Gasteiger partial charge in [-0.05, 0) is 6.07 Å². The zero-order chi connectivity index (χ0) is 13.7. The van der Waals surface area contributed by atoms with Gasteiger partial charge < -0.3 is 10.4 Å². The molecule has 5 nitrogen and oxygen atoms in total. The van der Waals surface area contributed by atoms with E-state index >= 15 is 0 Å². The minimum atomic E-state index is -1.23. The van der Waals surface area contributed by atoms with Gasteiger partial charge in [-0.2, -0.15) is 0 Å². The number of benzene rings is 1. The highest BCUT2D eigenvalue weighted by Gasteiger charge is 2.23. The van der Waals surface area contributed by atoms with Crippen molar-refractivity contribution in [3.63, 3.8) is 0 Å². The monoisotopic (exact) mass is 313 g/mol. The van der Waals surface area contributed by atoms with E-state index in [4.69, 9.17) is 5.11 Å². The first-order chi connectivity index (χ1) is 8.41. The normalized spacial score (nSPS) is 11.7. The quantitative estimate of drug-likeness (QED) is 0.809. The van der Waals surface area contributed by atoms with Crippen LogP contribution in [0.2, 0.25) is 0 Å². The van der Waals surface area contributed by atoms with Crippen LogP contribution in [-0.2, 0) is 9.59 Å². The number of amides is 1. The van der Waals surface area contributed by atoms with E-state index in [9.17, 15) is 14.4 Å². The number of nitrogens with one attached hydrogen (secondary N) is 1. The maximum absolute atomic E-state index is 11.9. The number of rotatable bonds is 5. The molecule has 18 heavy (non-hydrogen) atoms. The second kappa shape index (κ2) is 6.30. The molecule has 0 aromatic heterocycles. The Morgan fingerprint density at radius 3 is 2.44 bits per heavy atom. The molecule has 96 valence electrons. The molecule has 0 spiro atoms.